The molecule has 31 heavy (non-hydrogen) atoms. The Morgan fingerprint density at radius 3 is 2.42 bits per heavy atom. The van der Waals surface area contributed by atoms with E-state index in [0.717, 1.165) is 22.8 Å². The smallest absolute Gasteiger partial charge is 0.244 e. The third-order valence-electron chi connectivity index (χ3n) is 5.32. The zero-order chi connectivity index (χ0) is 22.2. The second-order valence-electron chi connectivity index (χ2n) is 7.47. The molecule has 0 fully saturated rings. The summed E-state index contributed by atoms with van der Waals surface area (Å²) in [5.74, 6) is -1.06. The number of aryl methyl sites for hydroxylation is 1. The molecule has 3 aromatic carbocycles. The monoisotopic (exact) mass is 458 g/mol. The van der Waals surface area contributed by atoms with Crippen LogP contribution in [-0.4, -0.2) is 24.7 Å². The Morgan fingerprint density at radius 1 is 1.06 bits per heavy atom. The highest BCUT2D eigenvalue weighted by atomic mass is 35.5. The Kier molecular flexibility index (Phi) is 5.83. The first-order valence-corrected chi connectivity index (χ1v) is 11.5. The van der Waals surface area contributed by atoms with Crippen LogP contribution in [-0.2, 0) is 27.8 Å². The third-order valence-corrected chi connectivity index (χ3v) is 7.51. The summed E-state index contributed by atoms with van der Waals surface area (Å²) < 4.78 is 41.5. The normalized spacial score (nSPS) is 16.5. The van der Waals surface area contributed by atoms with Gasteiger partial charge in [-0.25, -0.2) is 12.8 Å². The van der Waals surface area contributed by atoms with Crippen molar-refractivity contribution in [3.63, 3.8) is 0 Å². The van der Waals surface area contributed by atoms with Crippen molar-refractivity contribution in [3.8, 4) is 0 Å². The summed E-state index contributed by atoms with van der Waals surface area (Å²) in [6.45, 7) is 1.94. The van der Waals surface area contributed by atoms with Gasteiger partial charge in [0.05, 0.1) is 15.6 Å². The van der Waals surface area contributed by atoms with Crippen LogP contribution in [0.25, 0.3) is 0 Å². The minimum Gasteiger partial charge on any atom is -0.323 e. The SMILES string of the molecule is Cc1ccc(S(=O)(=O)N2Cc3ccccc3C[C@H]2C(=O)Nc2ccc(F)cc2Cl)cc1. The van der Waals surface area contributed by atoms with Gasteiger partial charge in [0.1, 0.15) is 11.9 Å². The van der Waals surface area contributed by atoms with Crippen LogP contribution in [0.2, 0.25) is 5.02 Å². The van der Waals surface area contributed by atoms with Crippen LogP contribution >= 0.6 is 11.6 Å². The number of halogens is 2. The molecule has 1 atom stereocenters. The van der Waals surface area contributed by atoms with E-state index in [1.807, 2.05) is 31.2 Å². The number of nitrogens with one attached hydrogen (secondary N) is 1. The lowest BCUT2D eigenvalue weighted by molar-refractivity contribution is -0.120. The van der Waals surface area contributed by atoms with E-state index in [1.165, 1.54) is 28.6 Å². The molecule has 0 aromatic heterocycles. The molecule has 8 heteroatoms. The minimum atomic E-state index is -3.95. The van der Waals surface area contributed by atoms with Gasteiger partial charge < -0.3 is 5.32 Å². The van der Waals surface area contributed by atoms with E-state index in [0.29, 0.717) is 0 Å². The average Bonchev–Trinajstić information content (AvgIpc) is 2.75. The maximum Gasteiger partial charge on any atom is 0.244 e. The van der Waals surface area contributed by atoms with E-state index in [2.05, 4.69) is 5.32 Å². The number of hydrogen-bond acceptors (Lipinski definition) is 3. The van der Waals surface area contributed by atoms with Crippen molar-refractivity contribution in [2.45, 2.75) is 30.8 Å². The van der Waals surface area contributed by atoms with Gasteiger partial charge in [-0.2, -0.15) is 4.31 Å². The summed E-state index contributed by atoms with van der Waals surface area (Å²) in [5, 5.41) is 2.70. The van der Waals surface area contributed by atoms with Gasteiger partial charge in [0.15, 0.2) is 0 Å². The molecule has 5 nitrogen and oxygen atoms in total. The molecule has 1 heterocycles. The Labute approximate surface area is 185 Å². The van der Waals surface area contributed by atoms with Crippen LogP contribution < -0.4 is 5.32 Å². The first-order chi connectivity index (χ1) is 14.8. The van der Waals surface area contributed by atoms with Crippen LogP contribution in [0.4, 0.5) is 10.1 Å². The molecule has 3 aromatic rings. The highest BCUT2D eigenvalue weighted by Gasteiger charge is 2.39. The molecule has 4 rings (SSSR count). The van der Waals surface area contributed by atoms with Crippen molar-refractivity contribution in [1.82, 2.24) is 4.31 Å². The molecule has 0 bridgehead atoms. The molecule has 1 amide bonds. The standard InChI is InChI=1S/C23H20ClFN2O3S/c1-15-6-9-19(10-7-15)31(29,30)27-14-17-5-3-2-4-16(17)12-22(27)23(28)26-21-11-8-18(25)13-20(21)24/h2-11,13,22H,12,14H2,1H3,(H,26,28)/t22-/m0/s1. The van der Waals surface area contributed by atoms with Crippen molar-refractivity contribution in [1.29, 1.82) is 0 Å². The van der Waals surface area contributed by atoms with E-state index in [1.54, 1.807) is 12.1 Å². The number of hydrogen-bond donors (Lipinski definition) is 1. The van der Waals surface area contributed by atoms with Gasteiger partial charge in [0, 0.05) is 6.54 Å². The number of amides is 1. The number of carbonyl (C=O) groups is 1. The van der Waals surface area contributed by atoms with E-state index in [9.17, 15) is 17.6 Å². The molecular formula is C23H20ClFN2O3S. The van der Waals surface area contributed by atoms with Gasteiger partial charge in [-0.05, 0) is 54.8 Å². The summed E-state index contributed by atoms with van der Waals surface area (Å²) in [6, 6.07) is 16.6. The van der Waals surface area contributed by atoms with Crippen LogP contribution in [0.15, 0.2) is 71.6 Å². The largest absolute Gasteiger partial charge is 0.323 e. The van der Waals surface area contributed by atoms with Crippen molar-refractivity contribution in [2.24, 2.45) is 0 Å². The van der Waals surface area contributed by atoms with E-state index in [4.69, 9.17) is 11.6 Å². The Hall–Kier alpha value is -2.74. The predicted octanol–water partition coefficient (Wildman–Crippen LogP) is 4.54. The quantitative estimate of drug-likeness (QED) is 0.624. The first kappa shape index (κ1) is 21.5. The van der Waals surface area contributed by atoms with Gasteiger partial charge in [0.25, 0.3) is 0 Å². The molecule has 0 radical (unpaired) electrons. The predicted molar refractivity (Wildman–Crippen MR) is 118 cm³/mol. The molecule has 0 spiro atoms. The average molecular weight is 459 g/mol. The summed E-state index contributed by atoms with van der Waals surface area (Å²) in [4.78, 5) is 13.3. The van der Waals surface area contributed by atoms with Crippen molar-refractivity contribution < 1.29 is 17.6 Å². The van der Waals surface area contributed by atoms with Gasteiger partial charge in [0.2, 0.25) is 15.9 Å². The Bertz CT molecular complexity index is 1250. The molecule has 1 N–H and O–H groups in total. The zero-order valence-electron chi connectivity index (χ0n) is 16.7. The Morgan fingerprint density at radius 2 is 1.74 bits per heavy atom. The maximum atomic E-state index is 13.5. The molecule has 0 saturated carbocycles. The highest BCUT2D eigenvalue weighted by Crippen LogP contribution is 2.31. The van der Waals surface area contributed by atoms with E-state index >= 15 is 0 Å². The molecule has 1 aliphatic rings. The fourth-order valence-electron chi connectivity index (χ4n) is 3.63. The van der Waals surface area contributed by atoms with Crippen molar-refractivity contribution in [3.05, 3.63) is 94.3 Å². The van der Waals surface area contributed by atoms with Crippen molar-refractivity contribution in [2.75, 3.05) is 5.32 Å². The lowest BCUT2D eigenvalue weighted by atomic mass is 9.95. The fraction of sp³-hybridized carbons (Fsp3) is 0.174. The second-order valence-corrected chi connectivity index (χ2v) is 9.76. The van der Waals surface area contributed by atoms with Gasteiger partial charge in [-0.1, -0.05) is 53.6 Å². The van der Waals surface area contributed by atoms with Crippen LogP contribution in [0.1, 0.15) is 16.7 Å². The topological polar surface area (TPSA) is 66.5 Å². The first-order valence-electron chi connectivity index (χ1n) is 9.67. The third kappa shape index (κ3) is 4.35. The number of anilines is 1. The molecular weight excluding hydrogens is 439 g/mol. The van der Waals surface area contributed by atoms with Crippen LogP contribution in [0, 0.1) is 12.7 Å². The molecule has 1 aliphatic heterocycles. The van der Waals surface area contributed by atoms with Gasteiger partial charge >= 0.3 is 0 Å². The molecule has 0 saturated heterocycles. The maximum absolute atomic E-state index is 13.5. The fourth-order valence-corrected chi connectivity index (χ4v) is 5.41. The molecule has 0 unspecified atom stereocenters. The second kappa shape index (κ2) is 8.42. The number of nitrogens with zero attached hydrogens (tertiary/aromatic N) is 1. The van der Waals surface area contributed by atoms with E-state index < -0.39 is 27.8 Å². The number of sulfonamides is 1. The van der Waals surface area contributed by atoms with Gasteiger partial charge in [-0.15, -0.1) is 0 Å². The summed E-state index contributed by atoms with van der Waals surface area (Å²) >= 11 is 6.04. The van der Waals surface area contributed by atoms with E-state index in [-0.39, 0.29) is 28.6 Å². The molecule has 0 aliphatic carbocycles. The summed E-state index contributed by atoms with van der Waals surface area (Å²) in [5.41, 5.74) is 2.91. The molecule has 160 valence electrons. The number of fused-ring (bicyclic) bond motifs is 1. The van der Waals surface area contributed by atoms with Crippen molar-refractivity contribution >= 4 is 33.2 Å². The lowest BCUT2D eigenvalue weighted by Crippen LogP contribution is -2.50. The van der Waals surface area contributed by atoms with Crippen LogP contribution in [0.3, 0.4) is 0 Å². The van der Waals surface area contributed by atoms with Crippen LogP contribution in [0.5, 0.6) is 0 Å². The number of carbonyl (C=O) groups excluding carboxylic acids is 1. The summed E-state index contributed by atoms with van der Waals surface area (Å²) in [7, 11) is -3.95. The number of benzene rings is 3. The minimum absolute atomic E-state index is 0.0394. The lowest BCUT2D eigenvalue weighted by Gasteiger charge is -2.35. The zero-order valence-corrected chi connectivity index (χ0v) is 18.3. The summed E-state index contributed by atoms with van der Waals surface area (Å²) in [6.07, 6.45) is 0.214. The number of rotatable bonds is 4. The Balaban J connectivity index is 1.72. The highest BCUT2D eigenvalue weighted by molar-refractivity contribution is 7.89. The van der Waals surface area contributed by atoms with Gasteiger partial charge in [-0.3, -0.25) is 4.79 Å².